The molecule has 0 bridgehead atoms. The summed E-state index contributed by atoms with van der Waals surface area (Å²) >= 11 is 0. The molecular formula is C14H16NO3-. The van der Waals surface area contributed by atoms with Gasteiger partial charge in [0.1, 0.15) is 0 Å². The molecule has 0 N–H and O–H groups in total. The van der Waals surface area contributed by atoms with E-state index in [1.54, 1.807) is 4.90 Å². The fourth-order valence-corrected chi connectivity index (χ4v) is 2.64. The molecule has 4 heteroatoms. The van der Waals surface area contributed by atoms with Gasteiger partial charge in [0, 0.05) is 24.9 Å². The highest BCUT2D eigenvalue weighted by Gasteiger charge is 2.40. The molecule has 0 unspecified atom stereocenters. The number of benzene rings is 1. The van der Waals surface area contributed by atoms with Crippen molar-refractivity contribution in [3.8, 4) is 0 Å². The second-order valence-electron chi connectivity index (χ2n) is 4.67. The number of likely N-dealkylation sites (tertiary alicyclic amines) is 1. The maximum Gasteiger partial charge on any atom is 0.223 e. The molecule has 2 rings (SSSR count). The molecule has 0 aliphatic carbocycles. The Bertz CT molecular complexity index is 484. The van der Waals surface area contributed by atoms with E-state index in [1.807, 2.05) is 38.1 Å². The zero-order chi connectivity index (χ0) is 13.3. The number of nitrogens with zero attached hydrogens (tertiary/aromatic N) is 1. The van der Waals surface area contributed by atoms with Gasteiger partial charge in [0.25, 0.3) is 0 Å². The summed E-state index contributed by atoms with van der Waals surface area (Å²) in [6, 6.07) is 7.24. The third-order valence-electron chi connectivity index (χ3n) is 3.46. The van der Waals surface area contributed by atoms with Crippen molar-refractivity contribution in [1.82, 2.24) is 4.90 Å². The fourth-order valence-electron chi connectivity index (χ4n) is 2.64. The lowest BCUT2D eigenvalue weighted by atomic mass is 9.93. The molecule has 1 saturated heterocycles. The molecule has 0 aromatic heterocycles. The summed E-state index contributed by atoms with van der Waals surface area (Å²) in [5, 5.41) is 11.2. The van der Waals surface area contributed by atoms with E-state index in [0.29, 0.717) is 6.54 Å². The van der Waals surface area contributed by atoms with Gasteiger partial charge in [-0.3, -0.25) is 4.79 Å². The zero-order valence-corrected chi connectivity index (χ0v) is 10.6. The lowest BCUT2D eigenvalue weighted by Gasteiger charge is -2.28. The third-order valence-corrected chi connectivity index (χ3v) is 3.46. The molecule has 1 aliphatic rings. The number of carboxylic acid groups (broad SMARTS) is 1. The van der Waals surface area contributed by atoms with Crippen LogP contribution < -0.4 is 5.11 Å². The Hall–Kier alpha value is -1.84. The van der Waals surface area contributed by atoms with Crippen LogP contribution in [0.3, 0.4) is 0 Å². The maximum absolute atomic E-state index is 11.8. The second-order valence-corrected chi connectivity index (χ2v) is 4.67. The molecule has 1 aliphatic heterocycles. The van der Waals surface area contributed by atoms with Gasteiger partial charge in [0.15, 0.2) is 0 Å². The van der Waals surface area contributed by atoms with E-state index < -0.39 is 17.9 Å². The number of carbonyl (C=O) groups is 2. The molecule has 0 spiro atoms. The van der Waals surface area contributed by atoms with Gasteiger partial charge in [0.2, 0.25) is 5.91 Å². The van der Waals surface area contributed by atoms with Crippen LogP contribution in [0.4, 0.5) is 0 Å². The van der Waals surface area contributed by atoms with Crippen LogP contribution in [0, 0.1) is 12.8 Å². The first-order valence-corrected chi connectivity index (χ1v) is 6.11. The molecule has 0 saturated carbocycles. The van der Waals surface area contributed by atoms with Gasteiger partial charge >= 0.3 is 0 Å². The third kappa shape index (κ3) is 2.10. The summed E-state index contributed by atoms with van der Waals surface area (Å²) in [6.07, 6.45) is 0.0365. The number of aliphatic carboxylic acids is 1. The van der Waals surface area contributed by atoms with Crippen molar-refractivity contribution in [2.75, 3.05) is 6.54 Å². The molecule has 96 valence electrons. The van der Waals surface area contributed by atoms with Crippen LogP contribution >= 0.6 is 0 Å². The first-order chi connectivity index (χ1) is 8.54. The van der Waals surface area contributed by atoms with E-state index in [0.717, 1.165) is 11.1 Å². The predicted molar refractivity (Wildman–Crippen MR) is 64.4 cm³/mol. The number of carboxylic acids is 1. The van der Waals surface area contributed by atoms with E-state index in [-0.39, 0.29) is 12.3 Å². The monoisotopic (exact) mass is 246 g/mol. The number of hydrogen-bond donors (Lipinski definition) is 0. The minimum Gasteiger partial charge on any atom is -0.550 e. The van der Waals surface area contributed by atoms with Crippen LogP contribution in [-0.4, -0.2) is 23.3 Å². The summed E-state index contributed by atoms with van der Waals surface area (Å²) in [7, 11) is 0. The van der Waals surface area contributed by atoms with Crippen molar-refractivity contribution in [2.45, 2.75) is 26.3 Å². The standard InChI is InChI=1S/C14H17NO3/c1-3-15-12(16)8-11(14(17)18)13(15)10-6-4-5-9(2)7-10/h4-7,11,13H,3,8H2,1-2H3,(H,17,18)/p-1/t11-,13+/m1/s1. The van der Waals surface area contributed by atoms with E-state index in [1.165, 1.54) is 0 Å². The van der Waals surface area contributed by atoms with Crippen LogP contribution in [0.2, 0.25) is 0 Å². The molecule has 1 fully saturated rings. The van der Waals surface area contributed by atoms with E-state index in [2.05, 4.69) is 0 Å². The van der Waals surface area contributed by atoms with Crippen molar-refractivity contribution in [3.05, 3.63) is 35.4 Å². The van der Waals surface area contributed by atoms with Crippen LogP contribution in [0.5, 0.6) is 0 Å². The molecule has 1 aromatic carbocycles. The number of amides is 1. The van der Waals surface area contributed by atoms with Crippen molar-refractivity contribution in [2.24, 2.45) is 5.92 Å². The lowest BCUT2D eigenvalue weighted by Crippen LogP contribution is -2.36. The van der Waals surface area contributed by atoms with Gasteiger partial charge in [-0.05, 0) is 19.4 Å². The Morgan fingerprint density at radius 2 is 2.22 bits per heavy atom. The van der Waals surface area contributed by atoms with Crippen LogP contribution in [0.25, 0.3) is 0 Å². The highest BCUT2D eigenvalue weighted by atomic mass is 16.4. The number of rotatable bonds is 3. The second kappa shape index (κ2) is 4.80. The number of carbonyl (C=O) groups excluding carboxylic acids is 2. The topological polar surface area (TPSA) is 60.4 Å². The molecule has 2 atom stereocenters. The normalized spacial score (nSPS) is 23.4. The number of aryl methyl sites for hydroxylation is 1. The average molecular weight is 246 g/mol. The van der Waals surface area contributed by atoms with Crippen LogP contribution in [0.1, 0.15) is 30.5 Å². The van der Waals surface area contributed by atoms with Gasteiger partial charge in [-0.1, -0.05) is 29.8 Å². The Morgan fingerprint density at radius 1 is 1.50 bits per heavy atom. The SMILES string of the molecule is CCN1C(=O)C[C@@H](C(=O)[O-])[C@@H]1c1cccc(C)c1. The Labute approximate surface area is 106 Å². The fraction of sp³-hybridized carbons (Fsp3) is 0.429. The summed E-state index contributed by atoms with van der Waals surface area (Å²) in [4.78, 5) is 24.6. The summed E-state index contributed by atoms with van der Waals surface area (Å²) in [6.45, 7) is 4.32. The van der Waals surface area contributed by atoms with E-state index in [4.69, 9.17) is 0 Å². The molecular weight excluding hydrogens is 230 g/mol. The Balaban J connectivity index is 2.42. The van der Waals surface area contributed by atoms with Gasteiger partial charge < -0.3 is 14.8 Å². The highest BCUT2D eigenvalue weighted by Crippen LogP contribution is 2.37. The minimum atomic E-state index is -1.15. The van der Waals surface area contributed by atoms with Gasteiger partial charge in [-0.2, -0.15) is 0 Å². The predicted octanol–water partition coefficient (Wildman–Crippen LogP) is 0.654. The first kappa shape index (κ1) is 12.6. The average Bonchev–Trinajstić information content (AvgIpc) is 2.66. The molecule has 1 heterocycles. The summed E-state index contributed by atoms with van der Waals surface area (Å²) in [5.74, 6) is -2.01. The van der Waals surface area contributed by atoms with Gasteiger partial charge in [-0.25, -0.2) is 0 Å². The molecule has 1 aromatic rings. The quantitative estimate of drug-likeness (QED) is 0.787. The molecule has 18 heavy (non-hydrogen) atoms. The van der Waals surface area contributed by atoms with Crippen molar-refractivity contribution in [3.63, 3.8) is 0 Å². The summed E-state index contributed by atoms with van der Waals surface area (Å²) in [5.41, 5.74) is 1.93. The smallest absolute Gasteiger partial charge is 0.223 e. The van der Waals surface area contributed by atoms with Crippen molar-refractivity contribution >= 4 is 11.9 Å². The highest BCUT2D eigenvalue weighted by molar-refractivity contribution is 5.86. The maximum atomic E-state index is 11.8. The molecule has 4 nitrogen and oxygen atoms in total. The van der Waals surface area contributed by atoms with Crippen molar-refractivity contribution in [1.29, 1.82) is 0 Å². The first-order valence-electron chi connectivity index (χ1n) is 6.11. The van der Waals surface area contributed by atoms with E-state index >= 15 is 0 Å². The summed E-state index contributed by atoms with van der Waals surface area (Å²) < 4.78 is 0. The Kier molecular flexibility index (Phi) is 3.36. The van der Waals surface area contributed by atoms with Crippen molar-refractivity contribution < 1.29 is 14.7 Å². The minimum absolute atomic E-state index is 0.0365. The van der Waals surface area contributed by atoms with Crippen LogP contribution in [-0.2, 0) is 9.59 Å². The number of hydrogen-bond acceptors (Lipinski definition) is 3. The van der Waals surface area contributed by atoms with Gasteiger partial charge in [0.05, 0.1) is 6.04 Å². The zero-order valence-electron chi connectivity index (χ0n) is 10.6. The van der Waals surface area contributed by atoms with Crippen LogP contribution in [0.15, 0.2) is 24.3 Å². The van der Waals surface area contributed by atoms with Gasteiger partial charge in [-0.15, -0.1) is 0 Å². The van der Waals surface area contributed by atoms with E-state index in [9.17, 15) is 14.7 Å². The Morgan fingerprint density at radius 3 is 2.78 bits per heavy atom. The molecule has 0 radical (unpaired) electrons. The lowest BCUT2D eigenvalue weighted by molar-refractivity contribution is -0.312. The molecule has 1 amide bonds. The largest absolute Gasteiger partial charge is 0.550 e.